The van der Waals surface area contributed by atoms with Gasteiger partial charge in [0.15, 0.2) is 5.79 Å². The van der Waals surface area contributed by atoms with Gasteiger partial charge in [-0.15, -0.1) is 0 Å². The van der Waals surface area contributed by atoms with Gasteiger partial charge in [0.1, 0.15) is 28.8 Å². The third kappa shape index (κ3) is 2.24. The van der Waals surface area contributed by atoms with E-state index in [1.165, 1.54) is 6.07 Å². The Hall–Kier alpha value is -1.79. The third-order valence-electron chi connectivity index (χ3n) is 4.00. The molecule has 6 nitrogen and oxygen atoms in total. The van der Waals surface area contributed by atoms with Crippen LogP contribution in [0.2, 0.25) is 0 Å². The number of rotatable bonds is 2. The third-order valence-corrected chi connectivity index (χ3v) is 4.00. The second-order valence-corrected chi connectivity index (χ2v) is 6.16. The Morgan fingerprint density at radius 3 is 2.62 bits per heavy atom. The largest absolute Gasteiger partial charge is 0.507 e. The van der Waals surface area contributed by atoms with Gasteiger partial charge in [0.25, 0.3) is 0 Å². The fourth-order valence-corrected chi connectivity index (χ4v) is 2.92. The first-order valence-electron chi connectivity index (χ1n) is 6.81. The lowest BCUT2D eigenvalue weighted by atomic mass is 9.95. The lowest BCUT2D eigenvalue weighted by molar-refractivity contribution is -0.173. The van der Waals surface area contributed by atoms with Gasteiger partial charge in [-0.3, -0.25) is 0 Å². The Bertz CT molecular complexity index is 608. The van der Waals surface area contributed by atoms with Crippen LogP contribution in [0.3, 0.4) is 0 Å². The van der Waals surface area contributed by atoms with Gasteiger partial charge in [0, 0.05) is 12.0 Å². The van der Waals surface area contributed by atoms with E-state index in [0.29, 0.717) is 24.3 Å². The number of aromatic carboxylic acids is 1. The number of benzene rings is 1. The molecule has 2 aliphatic rings. The maximum atomic E-state index is 11.1. The molecule has 1 aromatic carbocycles. The van der Waals surface area contributed by atoms with Gasteiger partial charge < -0.3 is 24.4 Å². The molecule has 1 aromatic rings. The van der Waals surface area contributed by atoms with E-state index in [4.69, 9.17) is 19.3 Å². The van der Waals surface area contributed by atoms with Crippen LogP contribution >= 0.6 is 0 Å². The molecule has 114 valence electrons. The molecule has 21 heavy (non-hydrogen) atoms. The van der Waals surface area contributed by atoms with Crippen molar-refractivity contribution >= 4 is 5.97 Å². The van der Waals surface area contributed by atoms with Gasteiger partial charge in [0.05, 0.1) is 6.61 Å². The van der Waals surface area contributed by atoms with Gasteiger partial charge in [-0.25, -0.2) is 4.79 Å². The predicted octanol–water partition coefficient (Wildman–Crippen LogP) is 1.94. The van der Waals surface area contributed by atoms with Crippen molar-refractivity contribution in [3.05, 3.63) is 23.3 Å². The van der Waals surface area contributed by atoms with Gasteiger partial charge in [-0.2, -0.15) is 0 Å². The van der Waals surface area contributed by atoms with Crippen molar-refractivity contribution in [1.29, 1.82) is 0 Å². The topological polar surface area (TPSA) is 85.2 Å². The van der Waals surface area contributed by atoms with Crippen LogP contribution in [0.15, 0.2) is 12.1 Å². The summed E-state index contributed by atoms with van der Waals surface area (Å²) in [6.45, 7) is 5.94. The minimum Gasteiger partial charge on any atom is -0.507 e. The Balaban J connectivity index is 1.89. The Morgan fingerprint density at radius 1 is 1.33 bits per heavy atom. The highest BCUT2D eigenvalue weighted by atomic mass is 16.8. The van der Waals surface area contributed by atoms with E-state index in [2.05, 4.69) is 0 Å². The molecule has 0 aliphatic carbocycles. The first kappa shape index (κ1) is 14.2. The van der Waals surface area contributed by atoms with Crippen molar-refractivity contribution in [3.63, 3.8) is 0 Å². The summed E-state index contributed by atoms with van der Waals surface area (Å²) in [6, 6.07) is 2.92. The number of carboxylic acids is 1. The van der Waals surface area contributed by atoms with Gasteiger partial charge >= 0.3 is 5.97 Å². The molecule has 1 saturated heterocycles. The van der Waals surface area contributed by atoms with Crippen LogP contribution in [0.25, 0.3) is 0 Å². The van der Waals surface area contributed by atoms with E-state index in [9.17, 15) is 9.90 Å². The molecule has 1 fully saturated rings. The van der Waals surface area contributed by atoms with Crippen LogP contribution in [-0.4, -0.2) is 40.3 Å². The summed E-state index contributed by atoms with van der Waals surface area (Å²) in [5.74, 6) is -1.57. The van der Waals surface area contributed by atoms with Crippen LogP contribution in [0.5, 0.6) is 11.5 Å². The summed E-state index contributed by atoms with van der Waals surface area (Å²) in [4.78, 5) is 11.1. The standard InChI is InChI=1S/C15H18O6/c1-14(2)19-7-15(3,21-14)11-6-9-10(20-11)5-4-8(12(9)16)13(17)18/h4-5,11,16H,6-7H2,1-3H3,(H,17,18)/t11-,15?/m1/s1. The van der Waals surface area contributed by atoms with Crippen LogP contribution in [-0.2, 0) is 15.9 Å². The van der Waals surface area contributed by atoms with E-state index >= 15 is 0 Å². The zero-order chi connectivity index (χ0) is 15.4. The highest BCUT2D eigenvalue weighted by molar-refractivity contribution is 5.91. The zero-order valence-electron chi connectivity index (χ0n) is 12.2. The van der Waals surface area contributed by atoms with Crippen molar-refractivity contribution < 1.29 is 29.2 Å². The Labute approximate surface area is 122 Å². The minimum atomic E-state index is -1.16. The second-order valence-electron chi connectivity index (χ2n) is 6.16. The SMILES string of the molecule is CC1(C)OCC(C)([C@H]2Cc3c(ccc(C(=O)O)c3O)O2)O1. The second kappa shape index (κ2) is 4.35. The highest BCUT2D eigenvalue weighted by Crippen LogP contribution is 2.44. The number of hydrogen-bond acceptors (Lipinski definition) is 5. The lowest BCUT2D eigenvalue weighted by Gasteiger charge is -2.30. The number of ether oxygens (including phenoxy) is 3. The first-order valence-corrected chi connectivity index (χ1v) is 6.81. The van der Waals surface area contributed by atoms with Crippen LogP contribution in [0.1, 0.15) is 36.7 Å². The summed E-state index contributed by atoms with van der Waals surface area (Å²) in [5.41, 5.74) is -0.250. The van der Waals surface area contributed by atoms with Crippen molar-refractivity contribution in [2.75, 3.05) is 6.61 Å². The molecule has 0 amide bonds. The molecule has 6 heteroatoms. The average Bonchev–Trinajstić information content (AvgIpc) is 2.92. The van der Waals surface area contributed by atoms with Crippen molar-refractivity contribution in [2.45, 2.75) is 44.7 Å². The molecular formula is C15H18O6. The van der Waals surface area contributed by atoms with Crippen LogP contribution in [0, 0.1) is 0 Å². The van der Waals surface area contributed by atoms with E-state index in [0.717, 1.165) is 0 Å². The number of aromatic hydroxyl groups is 1. The zero-order valence-corrected chi connectivity index (χ0v) is 12.2. The molecule has 3 rings (SSSR count). The molecule has 2 N–H and O–H groups in total. The summed E-state index contributed by atoms with van der Waals surface area (Å²) < 4.78 is 17.4. The monoisotopic (exact) mass is 294 g/mol. The van der Waals surface area contributed by atoms with Crippen LogP contribution < -0.4 is 4.74 Å². The number of phenols is 1. The van der Waals surface area contributed by atoms with Crippen molar-refractivity contribution in [1.82, 2.24) is 0 Å². The Morgan fingerprint density at radius 2 is 2.05 bits per heavy atom. The number of carbonyl (C=O) groups is 1. The van der Waals surface area contributed by atoms with Gasteiger partial charge in [0.2, 0.25) is 0 Å². The number of carboxylic acid groups (broad SMARTS) is 1. The number of fused-ring (bicyclic) bond motifs is 1. The maximum absolute atomic E-state index is 11.1. The highest BCUT2D eigenvalue weighted by Gasteiger charge is 2.50. The molecule has 0 saturated carbocycles. The molecule has 0 bridgehead atoms. The average molecular weight is 294 g/mol. The molecule has 0 spiro atoms. The minimum absolute atomic E-state index is 0.118. The molecule has 0 aromatic heterocycles. The number of hydrogen-bond donors (Lipinski definition) is 2. The first-order chi connectivity index (χ1) is 9.72. The summed E-state index contributed by atoms with van der Waals surface area (Å²) >= 11 is 0. The summed E-state index contributed by atoms with van der Waals surface area (Å²) in [5, 5.41) is 19.1. The van der Waals surface area contributed by atoms with Gasteiger partial charge in [-0.05, 0) is 32.9 Å². The predicted molar refractivity (Wildman–Crippen MR) is 72.7 cm³/mol. The van der Waals surface area contributed by atoms with Crippen molar-refractivity contribution in [2.24, 2.45) is 0 Å². The van der Waals surface area contributed by atoms with E-state index in [1.807, 2.05) is 20.8 Å². The normalized spacial score (nSPS) is 30.0. The Kier molecular flexibility index (Phi) is 2.93. The molecule has 1 unspecified atom stereocenters. The molecule has 2 aliphatic heterocycles. The molecule has 2 atom stereocenters. The maximum Gasteiger partial charge on any atom is 0.339 e. The fraction of sp³-hybridized carbons (Fsp3) is 0.533. The summed E-state index contributed by atoms with van der Waals surface area (Å²) in [6.07, 6.45) is 0.0577. The van der Waals surface area contributed by atoms with E-state index in [1.54, 1.807) is 6.07 Å². The molecular weight excluding hydrogens is 276 g/mol. The lowest BCUT2D eigenvalue weighted by Crippen LogP contribution is -2.45. The van der Waals surface area contributed by atoms with Crippen LogP contribution in [0.4, 0.5) is 0 Å². The van der Waals surface area contributed by atoms with Gasteiger partial charge in [-0.1, -0.05) is 0 Å². The molecule has 0 radical (unpaired) electrons. The van der Waals surface area contributed by atoms with E-state index < -0.39 is 17.4 Å². The molecule has 2 heterocycles. The fourth-order valence-electron chi connectivity index (χ4n) is 2.92. The smallest absolute Gasteiger partial charge is 0.339 e. The summed E-state index contributed by atoms with van der Waals surface area (Å²) in [7, 11) is 0. The quantitative estimate of drug-likeness (QED) is 0.867. The van der Waals surface area contributed by atoms with Crippen molar-refractivity contribution in [3.8, 4) is 11.5 Å². The van der Waals surface area contributed by atoms with E-state index in [-0.39, 0.29) is 17.4 Å².